The van der Waals surface area contributed by atoms with Crippen molar-refractivity contribution in [3.8, 4) is 17.2 Å². The minimum atomic E-state index is -0.549. The Morgan fingerprint density at radius 2 is 1.94 bits per heavy atom. The van der Waals surface area contributed by atoms with Crippen molar-refractivity contribution in [1.82, 2.24) is 0 Å². The van der Waals surface area contributed by atoms with Gasteiger partial charge in [-0.15, -0.1) is 0 Å². The van der Waals surface area contributed by atoms with E-state index in [2.05, 4.69) is 4.74 Å². The highest BCUT2D eigenvalue weighted by atomic mass is 35.5. The molecule has 0 spiro atoms. The van der Waals surface area contributed by atoms with Gasteiger partial charge in [0.1, 0.15) is 5.75 Å². The third-order valence-corrected chi connectivity index (χ3v) is 5.89. The van der Waals surface area contributed by atoms with Gasteiger partial charge in [-0.25, -0.2) is 4.79 Å². The zero-order valence-corrected chi connectivity index (χ0v) is 19.9. The molecule has 0 radical (unpaired) electrons. The van der Waals surface area contributed by atoms with Gasteiger partial charge in [-0.2, -0.15) is 0 Å². The summed E-state index contributed by atoms with van der Waals surface area (Å²) >= 11 is 13.0. The third kappa shape index (κ3) is 5.17. The highest BCUT2D eigenvalue weighted by Gasteiger charge is 2.35. The Hall–Kier alpha value is -2.75. The van der Waals surface area contributed by atoms with Gasteiger partial charge < -0.3 is 18.9 Å². The number of thioether (sulfide) groups is 1. The van der Waals surface area contributed by atoms with Crippen LogP contribution in [0, 0.1) is 0 Å². The maximum absolute atomic E-state index is 13.1. The predicted molar refractivity (Wildman–Crippen MR) is 129 cm³/mol. The molecule has 3 rings (SSSR count). The van der Waals surface area contributed by atoms with Crippen LogP contribution < -0.4 is 19.1 Å². The number of nitrogens with zero attached hydrogens (tertiary/aromatic N) is 1. The quantitative estimate of drug-likeness (QED) is 0.297. The number of para-hydroxylation sites is 2. The maximum Gasteiger partial charge on any atom is 0.343 e. The predicted octanol–water partition coefficient (Wildman–Crippen LogP) is 4.70. The highest BCUT2D eigenvalue weighted by Crippen LogP contribution is 2.41. The Morgan fingerprint density at radius 3 is 2.62 bits per heavy atom. The standard InChI is InChI=1S/C22H20ClNO6S2/c1-4-29-17-10-13(9-14(23)20(17)30-12-19(25)28-3)11-18-21(26)24(22(31)32-18)15-7-5-6-8-16(15)27-2/h5-11H,4,12H2,1-3H3/b18-11-. The fourth-order valence-electron chi connectivity index (χ4n) is 2.91. The van der Waals surface area contributed by atoms with Crippen molar-refractivity contribution in [2.75, 3.05) is 32.3 Å². The molecule has 1 heterocycles. The summed E-state index contributed by atoms with van der Waals surface area (Å²) in [4.78, 5) is 26.4. The van der Waals surface area contributed by atoms with E-state index in [1.807, 2.05) is 13.0 Å². The number of carbonyl (C=O) groups is 2. The normalized spacial score (nSPS) is 14.6. The van der Waals surface area contributed by atoms with Crippen molar-refractivity contribution >= 4 is 63.5 Å². The van der Waals surface area contributed by atoms with Crippen molar-refractivity contribution in [3.63, 3.8) is 0 Å². The van der Waals surface area contributed by atoms with Gasteiger partial charge in [0.25, 0.3) is 5.91 Å². The van der Waals surface area contributed by atoms with E-state index in [4.69, 9.17) is 38.0 Å². The Balaban J connectivity index is 1.93. The minimum Gasteiger partial charge on any atom is -0.495 e. The van der Waals surface area contributed by atoms with Crippen LogP contribution in [0.2, 0.25) is 5.02 Å². The van der Waals surface area contributed by atoms with Gasteiger partial charge in [0.15, 0.2) is 22.4 Å². The molecule has 168 valence electrons. The highest BCUT2D eigenvalue weighted by molar-refractivity contribution is 8.27. The van der Waals surface area contributed by atoms with Gasteiger partial charge in [0.05, 0.1) is 36.4 Å². The second kappa shape index (κ2) is 10.7. The largest absolute Gasteiger partial charge is 0.495 e. The van der Waals surface area contributed by atoms with Crippen LogP contribution in [-0.2, 0) is 14.3 Å². The first-order valence-electron chi connectivity index (χ1n) is 9.46. The van der Waals surface area contributed by atoms with Crippen LogP contribution in [0.1, 0.15) is 12.5 Å². The molecule has 0 bridgehead atoms. The van der Waals surface area contributed by atoms with Crippen molar-refractivity contribution in [1.29, 1.82) is 0 Å². The van der Waals surface area contributed by atoms with E-state index in [-0.39, 0.29) is 23.3 Å². The molecular weight excluding hydrogens is 474 g/mol. The molecule has 1 aliphatic rings. The van der Waals surface area contributed by atoms with Gasteiger partial charge in [-0.05, 0) is 42.8 Å². The molecule has 1 aliphatic heterocycles. The van der Waals surface area contributed by atoms with Crippen molar-refractivity contribution in [2.24, 2.45) is 0 Å². The monoisotopic (exact) mass is 493 g/mol. The lowest BCUT2D eigenvalue weighted by molar-refractivity contribution is -0.142. The molecule has 0 saturated carbocycles. The number of ether oxygens (including phenoxy) is 4. The number of halogens is 1. The number of anilines is 1. The second-order valence-electron chi connectivity index (χ2n) is 6.32. The number of thiocarbonyl (C=S) groups is 1. The average Bonchev–Trinajstić information content (AvgIpc) is 3.05. The molecule has 0 N–H and O–H groups in total. The molecule has 10 heteroatoms. The molecule has 1 amide bonds. The van der Waals surface area contributed by atoms with E-state index >= 15 is 0 Å². The average molecular weight is 494 g/mol. The van der Waals surface area contributed by atoms with Crippen LogP contribution in [0.5, 0.6) is 17.2 Å². The molecule has 0 aliphatic carbocycles. The van der Waals surface area contributed by atoms with Gasteiger partial charge in [0, 0.05) is 0 Å². The summed E-state index contributed by atoms with van der Waals surface area (Å²) in [5.41, 5.74) is 1.19. The van der Waals surface area contributed by atoms with Gasteiger partial charge in [-0.1, -0.05) is 47.7 Å². The van der Waals surface area contributed by atoms with E-state index in [0.29, 0.717) is 38.6 Å². The zero-order chi connectivity index (χ0) is 23.3. The Kier molecular flexibility index (Phi) is 8.00. The lowest BCUT2D eigenvalue weighted by atomic mass is 10.1. The first kappa shape index (κ1) is 23.9. The first-order chi connectivity index (χ1) is 15.4. The van der Waals surface area contributed by atoms with E-state index in [1.54, 1.807) is 36.4 Å². The Labute approximate surface area is 200 Å². The molecule has 2 aromatic rings. The summed E-state index contributed by atoms with van der Waals surface area (Å²) in [6, 6.07) is 10.4. The van der Waals surface area contributed by atoms with Gasteiger partial charge in [0.2, 0.25) is 0 Å². The molecule has 1 saturated heterocycles. The molecule has 32 heavy (non-hydrogen) atoms. The second-order valence-corrected chi connectivity index (χ2v) is 8.40. The van der Waals surface area contributed by atoms with E-state index in [1.165, 1.54) is 30.9 Å². The number of rotatable bonds is 8. The lowest BCUT2D eigenvalue weighted by Crippen LogP contribution is -2.27. The van der Waals surface area contributed by atoms with Crippen molar-refractivity contribution in [2.45, 2.75) is 6.92 Å². The summed E-state index contributed by atoms with van der Waals surface area (Å²) in [5.74, 6) is 0.282. The van der Waals surface area contributed by atoms with E-state index < -0.39 is 5.97 Å². The van der Waals surface area contributed by atoms with E-state index in [9.17, 15) is 9.59 Å². The lowest BCUT2D eigenvalue weighted by Gasteiger charge is -2.17. The summed E-state index contributed by atoms with van der Waals surface area (Å²) in [7, 11) is 2.80. The maximum atomic E-state index is 13.1. The summed E-state index contributed by atoms with van der Waals surface area (Å²) in [6.07, 6.45) is 1.67. The first-order valence-corrected chi connectivity index (χ1v) is 11.1. The number of amides is 1. The molecule has 2 aromatic carbocycles. The molecule has 1 fully saturated rings. The minimum absolute atomic E-state index is 0.220. The topological polar surface area (TPSA) is 74.3 Å². The Morgan fingerprint density at radius 1 is 1.19 bits per heavy atom. The third-order valence-electron chi connectivity index (χ3n) is 4.31. The van der Waals surface area contributed by atoms with Crippen molar-refractivity contribution in [3.05, 3.63) is 51.9 Å². The smallest absolute Gasteiger partial charge is 0.343 e. The summed E-state index contributed by atoms with van der Waals surface area (Å²) in [5, 5.41) is 0.228. The van der Waals surface area contributed by atoms with Crippen molar-refractivity contribution < 1.29 is 28.5 Å². The van der Waals surface area contributed by atoms with Crippen LogP contribution in [0.3, 0.4) is 0 Å². The van der Waals surface area contributed by atoms with Crippen LogP contribution in [0.4, 0.5) is 5.69 Å². The van der Waals surface area contributed by atoms with Gasteiger partial charge in [-0.3, -0.25) is 9.69 Å². The number of hydrogen-bond acceptors (Lipinski definition) is 8. The molecule has 7 nitrogen and oxygen atoms in total. The fraction of sp³-hybridized carbons (Fsp3) is 0.227. The number of benzene rings is 2. The van der Waals surface area contributed by atoms with Crippen LogP contribution in [-0.4, -0.2) is 43.6 Å². The van der Waals surface area contributed by atoms with Crippen LogP contribution >= 0.6 is 35.6 Å². The molecule has 0 atom stereocenters. The van der Waals surface area contributed by atoms with Crippen LogP contribution in [0.25, 0.3) is 6.08 Å². The summed E-state index contributed by atoms with van der Waals surface area (Å²) < 4.78 is 21.4. The van der Waals surface area contributed by atoms with Crippen LogP contribution in [0.15, 0.2) is 41.3 Å². The van der Waals surface area contributed by atoms with E-state index in [0.717, 1.165) is 0 Å². The summed E-state index contributed by atoms with van der Waals surface area (Å²) in [6.45, 7) is 1.85. The fourth-order valence-corrected chi connectivity index (χ4v) is 4.46. The number of hydrogen-bond donors (Lipinski definition) is 0. The van der Waals surface area contributed by atoms with Gasteiger partial charge >= 0.3 is 5.97 Å². The zero-order valence-electron chi connectivity index (χ0n) is 17.5. The Bertz CT molecular complexity index is 1090. The SMILES string of the molecule is CCOc1cc(/C=C2\SC(=S)N(c3ccccc3OC)C2=O)cc(Cl)c1OCC(=O)OC. The number of methoxy groups -OCH3 is 2. The number of esters is 1. The molecular formula is C22H20ClNO6S2. The number of carbonyl (C=O) groups excluding carboxylic acids is 2. The molecule has 0 aromatic heterocycles. The molecule has 0 unspecified atom stereocenters.